The monoisotopic (exact) mass is 252 g/mol. The smallest absolute Gasteiger partial charge is 0.124 e. The van der Waals surface area contributed by atoms with Crippen molar-refractivity contribution in [3.63, 3.8) is 0 Å². The molecule has 2 aromatic heterocycles. The van der Waals surface area contributed by atoms with Gasteiger partial charge in [-0.3, -0.25) is 0 Å². The summed E-state index contributed by atoms with van der Waals surface area (Å²) in [5.74, 6) is 0. The molecule has 0 unspecified atom stereocenters. The normalized spacial score (nSPS) is 10.9. The molecule has 16 heavy (non-hydrogen) atoms. The Balaban J connectivity index is 2.05. The van der Waals surface area contributed by atoms with Crippen molar-refractivity contribution in [3.8, 4) is 10.6 Å². The van der Waals surface area contributed by atoms with Crippen LogP contribution in [0.25, 0.3) is 10.6 Å². The molecule has 0 saturated carbocycles. The molecule has 2 nitrogen and oxygen atoms in total. The first kappa shape index (κ1) is 11.8. The van der Waals surface area contributed by atoms with Crippen LogP contribution in [0.4, 0.5) is 0 Å². The number of hydrogen-bond acceptors (Lipinski definition) is 4. The number of aryl methyl sites for hydroxylation is 1. The minimum absolute atomic E-state index is 0.882. The lowest BCUT2D eigenvalue weighted by Gasteiger charge is -1.98. The summed E-state index contributed by atoms with van der Waals surface area (Å²) in [6.45, 7) is 6.26. The van der Waals surface area contributed by atoms with Crippen LogP contribution in [-0.2, 0) is 6.54 Å². The standard InChI is InChI=1S/C12H16N2S2/c1-3-4-13-5-10-7-16-12(14-10)11-8-15-6-9(11)2/h6-8,13H,3-5H2,1-2H3. The van der Waals surface area contributed by atoms with Crippen molar-refractivity contribution in [2.75, 3.05) is 6.54 Å². The minimum atomic E-state index is 0.882. The zero-order valence-corrected chi connectivity index (χ0v) is 11.3. The molecule has 0 aliphatic rings. The number of hydrogen-bond donors (Lipinski definition) is 1. The van der Waals surface area contributed by atoms with Crippen LogP contribution in [-0.4, -0.2) is 11.5 Å². The maximum atomic E-state index is 4.65. The predicted octanol–water partition coefficient (Wildman–Crippen LogP) is 3.68. The molecule has 0 atom stereocenters. The molecule has 0 amide bonds. The maximum Gasteiger partial charge on any atom is 0.124 e. The maximum absolute atomic E-state index is 4.65. The van der Waals surface area contributed by atoms with Crippen molar-refractivity contribution in [1.82, 2.24) is 10.3 Å². The summed E-state index contributed by atoms with van der Waals surface area (Å²) < 4.78 is 0. The van der Waals surface area contributed by atoms with Crippen LogP contribution < -0.4 is 5.32 Å². The lowest BCUT2D eigenvalue weighted by Crippen LogP contribution is -2.13. The van der Waals surface area contributed by atoms with Gasteiger partial charge in [-0.1, -0.05) is 6.92 Å². The van der Waals surface area contributed by atoms with Crippen molar-refractivity contribution in [2.45, 2.75) is 26.8 Å². The van der Waals surface area contributed by atoms with Gasteiger partial charge in [0.05, 0.1) is 5.69 Å². The van der Waals surface area contributed by atoms with Gasteiger partial charge in [-0.15, -0.1) is 11.3 Å². The van der Waals surface area contributed by atoms with Crippen LogP contribution in [0.15, 0.2) is 16.1 Å². The highest BCUT2D eigenvalue weighted by Crippen LogP contribution is 2.29. The summed E-state index contributed by atoms with van der Waals surface area (Å²) in [4.78, 5) is 4.65. The van der Waals surface area contributed by atoms with E-state index in [1.165, 1.54) is 17.5 Å². The van der Waals surface area contributed by atoms with Gasteiger partial charge in [0.25, 0.3) is 0 Å². The number of nitrogens with one attached hydrogen (secondary N) is 1. The van der Waals surface area contributed by atoms with Gasteiger partial charge in [-0.05, 0) is 30.8 Å². The second kappa shape index (κ2) is 5.57. The summed E-state index contributed by atoms with van der Waals surface area (Å²) in [6.07, 6.45) is 1.17. The molecule has 2 aromatic rings. The average Bonchev–Trinajstić information content (AvgIpc) is 2.87. The first-order valence-corrected chi connectivity index (χ1v) is 7.31. The Kier molecular flexibility index (Phi) is 4.09. The summed E-state index contributed by atoms with van der Waals surface area (Å²) in [6, 6.07) is 0. The summed E-state index contributed by atoms with van der Waals surface area (Å²) in [7, 11) is 0. The molecule has 0 aliphatic carbocycles. The summed E-state index contributed by atoms with van der Waals surface area (Å²) in [5, 5.41) is 11.0. The second-order valence-electron chi connectivity index (χ2n) is 3.79. The fourth-order valence-corrected chi connectivity index (χ4v) is 3.29. The van der Waals surface area contributed by atoms with E-state index in [0.29, 0.717) is 0 Å². The number of nitrogens with zero attached hydrogens (tertiary/aromatic N) is 1. The molecule has 0 saturated heterocycles. The van der Waals surface area contributed by atoms with Crippen molar-refractivity contribution >= 4 is 22.7 Å². The van der Waals surface area contributed by atoms with E-state index in [4.69, 9.17) is 0 Å². The van der Waals surface area contributed by atoms with Crippen molar-refractivity contribution < 1.29 is 0 Å². The van der Waals surface area contributed by atoms with Gasteiger partial charge in [0.2, 0.25) is 0 Å². The molecule has 1 N–H and O–H groups in total. The van der Waals surface area contributed by atoms with Crippen LogP contribution in [0.1, 0.15) is 24.6 Å². The average molecular weight is 252 g/mol. The third kappa shape index (κ3) is 2.70. The summed E-state index contributed by atoms with van der Waals surface area (Å²) in [5.41, 5.74) is 3.77. The molecule has 0 fully saturated rings. The molecule has 0 aromatic carbocycles. The molecule has 0 spiro atoms. The SMILES string of the molecule is CCCNCc1csc(-c2cscc2C)n1. The largest absolute Gasteiger partial charge is 0.311 e. The van der Waals surface area contributed by atoms with E-state index >= 15 is 0 Å². The molecular weight excluding hydrogens is 236 g/mol. The fraction of sp³-hybridized carbons (Fsp3) is 0.417. The van der Waals surface area contributed by atoms with Gasteiger partial charge in [0.15, 0.2) is 0 Å². The van der Waals surface area contributed by atoms with Gasteiger partial charge in [0, 0.05) is 22.9 Å². The fourth-order valence-electron chi connectivity index (χ4n) is 1.48. The zero-order valence-electron chi connectivity index (χ0n) is 9.62. The first-order chi connectivity index (χ1) is 7.81. The Morgan fingerprint density at radius 1 is 1.31 bits per heavy atom. The first-order valence-electron chi connectivity index (χ1n) is 5.49. The van der Waals surface area contributed by atoms with Crippen molar-refractivity contribution in [1.29, 1.82) is 0 Å². The van der Waals surface area contributed by atoms with Crippen LogP contribution in [0.2, 0.25) is 0 Å². The highest BCUT2D eigenvalue weighted by atomic mass is 32.1. The number of rotatable bonds is 5. The topological polar surface area (TPSA) is 24.9 Å². The van der Waals surface area contributed by atoms with Crippen molar-refractivity contribution in [2.24, 2.45) is 0 Å². The van der Waals surface area contributed by atoms with Gasteiger partial charge in [-0.25, -0.2) is 4.98 Å². The molecule has 0 radical (unpaired) electrons. The Morgan fingerprint density at radius 3 is 2.88 bits per heavy atom. The third-order valence-electron chi connectivity index (χ3n) is 2.37. The van der Waals surface area contributed by atoms with E-state index < -0.39 is 0 Å². The highest BCUT2D eigenvalue weighted by molar-refractivity contribution is 7.14. The molecule has 4 heteroatoms. The van der Waals surface area contributed by atoms with Crippen LogP contribution in [0, 0.1) is 6.92 Å². The lowest BCUT2D eigenvalue weighted by molar-refractivity contribution is 0.667. The van der Waals surface area contributed by atoms with Gasteiger partial charge >= 0.3 is 0 Å². The Hall–Kier alpha value is -0.710. The van der Waals surface area contributed by atoms with Gasteiger partial charge in [0.1, 0.15) is 5.01 Å². The molecule has 2 heterocycles. The van der Waals surface area contributed by atoms with Crippen molar-refractivity contribution in [3.05, 3.63) is 27.4 Å². The number of thiophene rings is 1. The Morgan fingerprint density at radius 2 is 2.19 bits per heavy atom. The minimum Gasteiger partial charge on any atom is -0.311 e. The predicted molar refractivity (Wildman–Crippen MR) is 72.2 cm³/mol. The van der Waals surface area contributed by atoms with E-state index in [1.807, 2.05) is 0 Å². The Labute approximate surface area is 104 Å². The van der Waals surface area contributed by atoms with E-state index in [-0.39, 0.29) is 0 Å². The van der Waals surface area contributed by atoms with Gasteiger partial charge < -0.3 is 5.32 Å². The number of thiazole rings is 1. The van der Waals surface area contributed by atoms with Crippen LogP contribution >= 0.6 is 22.7 Å². The molecular formula is C12H16N2S2. The second-order valence-corrected chi connectivity index (χ2v) is 5.39. The van der Waals surface area contributed by atoms with Crippen LogP contribution in [0.5, 0.6) is 0 Å². The van der Waals surface area contributed by atoms with Gasteiger partial charge in [-0.2, -0.15) is 11.3 Å². The quantitative estimate of drug-likeness (QED) is 0.821. The molecule has 0 bridgehead atoms. The molecule has 86 valence electrons. The van der Waals surface area contributed by atoms with E-state index in [9.17, 15) is 0 Å². The molecule has 0 aliphatic heterocycles. The van der Waals surface area contributed by atoms with E-state index in [0.717, 1.165) is 23.8 Å². The lowest BCUT2D eigenvalue weighted by atomic mass is 10.2. The summed E-state index contributed by atoms with van der Waals surface area (Å²) >= 11 is 3.48. The zero-order chi connectivity index (χ0) is 11.4. The molecule has 2 rings (SSSR count). The number of aromatic nitrogens is 1. The van der Waals surface area contributed by atoms with E-state index in [2.05, 4.69) is 40.3 Å². The Bertz CT molecular complexity index is 445. The van der Waals surface area contributed by atoms with Crippen LogP contribution in [0.3, 0.4) is 0 Å². The highest BCUT2D eigenvalue weighted by Gasteiger charge is 2.07. The third-order valence-corrected chi connectivity index (χ3v) is 4.16. The van der Waals surface area contributed by atoms with E-state index in [1.54, 1.807) is 22.7 Å².